The number of halogens is 3. The van der Waals surface area contributed by atoms with E-state index in [1.807, 2.05) is 18.2 Å². The fraction of sp³-hybridized carbons (Fsp3) is 0.200. The second-order valence-corrected chi connectivity index (χ2v) is 7.33. The van der Waals surface area contributed by atoms with Gasteiger partial charge in [0.1, 0.15) is 5.82 Å². The number of rotatable bonds is 3. The molecule has 2 aromatic carbocycles. The fourth-order valence-corrected chi connectivity index (χ4v) is 3.71. The van der Waals surface area contributed by atoms with E-state index in [-0.39, 0.29) is 21.6 Å². The van der Waals surface area contributed by atoms with Crippen molar-refractivity contribution >= 4 is 34.7 Å². The average Bonchev–Trinajstić information content (AvgIpc) is 2.72. The van der Waals surface area contributed by atoms with Crippen LogP contribution in [0, 0.1) is 5.82 Å². The van der Waals surface area contributed by atoms with Crippen molar-refractivity contribution in [3.8, 4) is 17.0 Å². The molecule has 0 spiro atoms. The number of aromatic nitrogens is 2. The second kappa shape index (κ2) is 7.81. The summed E-state index contributed by atoms with van der Waals surface area (Å²) in [4.78, 5) is 4.30. The summed E-state index contributed by atoms with van der Waals surface area (Å²) in [6, 6.07) is 13.6. The van der Waals surface area contributed by atoms with Gasteiger partial charge in [0.15, 0.2) is 11.6 Å². The molecule has 1 saturated heterocycles. The molecule has 0 radical (unpaired) electrons. The van der Waals surface area contributed by atoms with Crippen LogP contribution in [0.3, 0.4) is 0 Å². The van der Waals surface area contributed by atoms with Crippen LogP contribution in [0.1, 0.15) is 0 Å². The Labute approximate surface area is 171 Å². The zero-order valence-corrected chi connectivity index (χ0v) is 16.3. The molecule has 0 aliphatic carbocycles. The van der Waals surface area contributed by atoms with Crippen molar-refractivity contribution < 1.29 is 9.50 Å². The van der Waals surface area contributed by atoms with Crippen LogP contribution >= 0.6 is 23.2 Å². The van der Waals surface area contributed by atoms with Crippen LogP contribution in [0.15, 0.2) is 48.5 Å². The van der Waals surface area contributed by atoms with Gasteiger partial charge in [0.05, 0.1) is 15.7 Å². The summed E-state index contributed by atoms with van der Waals surface area (Å²) in [6.07, 6.45) is 0. The molecule has 0 atom stereocenters. The van der Waals surface area contributed by atoms with E-state index in [1.54, 1.807) is 24.3 Å². The highest BCUT2D eigenvalue weighted by molar-refractivity contribution is 6.37. The molecule has 1 fully saturated rings. The van der Waals surface area contributed by atoms with Gasteiger partial charge in [0, 0.05) is 37.4 Å². The molecule has 28 heavy (non-hydrogen) atoms. The average molecular weight is 419 g/mol. The molecule has 0 unspecified atom stereocenters. The van der Waals surface area contributed by atoms with Crippen LogP contribution in [-0.4, -0.2) is 41.5 Å². The lowest BCUT2D eigenvalue weighted by Gasteiger charge is -2.36. The first-order chi connectivity index (χ1) is 13.5. The summed E-state index contributed by atoms with van der Waals surface area (Å²) in [5.74, 6) is 0.405. The topological polar surface area (TPSA) is 52.5 Å². The molecular formula is C20H17Cl2FN4O. The normalized spacial score (nSPS) is 14.4. The molecule has 2 heterocycles. The Morgan fingerprint density at radius 2 is 1.54 bits per heavy atom. The molecule has 5 nitrogen and oxygen atoms in total. The number of anilines is 2. The van der Waals surface area contributed by atoms with Gasteiger partial charge in [-0.15, -0.1) is 10.2 Å². The summed E-state index contributed by atoms with van der Waals surface area (Å²) < 4.78 is 13.4. The molecule has 1 aliphatic heterocycles. The van der Waals surface area contributed by atoms with E-state index >= 15 is 0 Å². The van der Waals surface area contributed by atoms with Gasteiger partial charge in [-0.05, 0) is 42.5 Å². The van der Waals surface area contributed by atoms with Gasteiger partial charge in [-0.2, -0.15) is 0 Å². The Hall–Kier alpha value is -2.57. The first-order valence-electron chi connectivity index (χ1n) is 8.79. The maximum atomic E-state index is 13.4. The molecular weight excluding hydrogens is 402 g/mol. The molecule has 4 rings (SSSR count). The number of benzene rings is 2. The maximum absolute atomic E-state index is 13.4. The van der Waals surface area contributed by atoms with Crippen LogP contribution in [0.4, 0.5) is 15.9 Å². The Balaban J connectivity index is 1.45. The summed E-state index contributed by atoms with van der Waals surface area (Å²) in [5.41, 5.74) is 2.19. The van der Waals surface area contributed by atoms with Crippen LogP contribution in [0.25, 0.3) is 11.3 Å². The monoisotopic (exact) mass is 418 g/mol. The van der Waals surface area contributed by atoms with Crippen LogP contribution in [-0.2, 0) is 0 Å². The highest BCUT2D eigenvalue weighted by Gasteiger charge is 2.19. The number of aromatic hydroxyl groups is 1. The predicted molar refractivity (Wildman–Crippen MR) is 110 cm³/mol. The Kier molecular flexibility index (Phi) is 5.24. The largest absolute Gasteiger partial charge is 0.505 e. The summed E-state index contributed by atoms with van der Waals surface area (Å²) in [6.45, 7) is 3.08. The minimum Gasteiger partial charge on any atom is -0.505 e. The lowest BCUT2D eigenvalue weighted by molar-refractivity contribution is 0.476. The molecule has 1 aromatic heterocycles. The standard InChI is InChI=1S/C20H17Cl2FN4O/c21-16-10-13(11-17(22)20(16)28)18-4-5-19(25-24-18)27-8-6-26(7-9-27)15-3-1-2-14(23)12-15/h1-5,10-12,28H,6-9H2. The van der Waals surface area contributed by atoms with Crippen molar-refractivity contribution in [1.29, 1.82) is 0 Å². The summed E-state index contributed by atoms with van der Waals surface area (Å²) >= 11 is 12.0. The number of phenolic OH excluding ortho intramolecular Hbond substituents is 1. The lowest BCUT2D eigenvalue weighted by atomic mass is 10.1. The second-order valence-electron chi connectivity index (χ2n) is 6.52. The first-order valence-corrected chi connectivity index (χ1v) is 9.54. The van der Waals surface area contributed by atoms with Crippen molar-refractivity contribution in [2.24, 2.45) is 0 Å². The van der Waals surface area contributed by atoms with E-state index < -0.39 is 0 Å². The lowest BCUT2D eigenvalue weighted by Crippen LogP contribution is -2.46. The smallest absolute Gasteiger partial charge is 0.152 e. The third-order valence-electron chi connectivity index (χ3n) is 4.74. The van der Waals surface area contributed by atoms with Gasteiger partial charge in [-0.25, -0.2) is 4.39 Å². The van der Waals surface area contributed by atoms with Crippen molar-refractivity contribution in [3.63, 3.8) is 0 Å². The highest BCUT2D eigenvalue weighted by atomic mass is 35.5. The molecule has 144 valence electrons. The predicted octanol–water partition coefficient (Wildman–Crippen LogP) is 4.62. The first kappa shape index (κ1) is 18.8. The van der Waals surface area contributed by atoms with E-state index in [9.17, 15) is 9.50 Å². The maximum Gasteiger partial charge on any atom is 0.152 e. The third kappa shape index (κ3) is 3.84. The summed E-state index contributed by atoms with van der Waals surface area (Å²) in [7, 11) is 0. The van der Waals surface area contributed by atoms with Gasteiger partial charge in [-0.3, -0.25) is 0 Å². The molecule has 8 heteroatoms. The highest BCUT2D eigenvalue weighted by Crippen LogP contribution is 2.36. The zero-order valence-electron chi connectivity index (χ0n) is 14.8. The van der Waals surface area contributed by atoms with Gasteiger partial charge < -0.3 is 14.9 Å². The Bertz CT molecular complexity index is 969. The fourth-order valence-electron chi connectivity index (χ4n) is 3.23. The van der Waals surface area contributed by atoms with E-state index in [0.717, 1.165) is 37.7 Å². The number of piperazine rings is 1. The minimum atomic E-state index is -0.226. The quantitative estimate of drug-likeness (QED) is 0.672. The van der Waals surface area contributed by atoms with E-state index in [1.165, 1.54) is 6.07 Å². The van der Waals surface area contributed by atoms with E-state index in [2.05, 4.69) is 20.0 Å². The van der Waals surface area contributed by atoms with Gasteiger partial charge >= 0.3 is 0 Å². The molecule has 0 amide bonds. The van der Waals surface area contributed by atoms with Crippen LogP contribution < -0.4 is 9.80 Å². The third-order valence-corrected chi connectivity index (χ3v) is 5.32. The number of hydrogen-bond donors (Lipinski definition) is 1. The van der Waals surface area contributed by atoms with Crippen molar-refractivity contribution in [2.75, 3.05) is 36.0 Å². The molecule has 1 aliphatic rings. The zero-order chi connectivity index (χ0) is 19.7. The van der Waals surface area contributed by atoms with Crippen LogP contribution in [0.2, 0.25) is 10.0 Å². The molecule has 3 aromatic rings. The SMILES string of the molecule is Oc1c(Cl)cc(-c2ccc(N3CCN(c4cccc(F)c4)CC3)nn2)cc1Cl. The van der Waals surface area contributed by atoms with Gasteiger partial charge in [-0.1, -0.05) is 29.3 Å². The molecule has 1 N–H and O–H groups in total. The molecule has 0 saturated carbocycles. The van der Waals surface area contributed by atoms with Crippen molar-refractivity contribution in [1.82, 2.24) is 10.2 Å². The number of hydrogen-bond acceptors (Lipinski definition) is 5. The number of phenols is 1. The van der Waals surface area contributed by atoms with Crippen LogP contribution in [0.5, 0.6) is 5.75 Å². The Morgan fingerprint density at radius 3 is 2.14 bits per heavy atom. The summed E-state index contributed by atoms with van der Waals surface area (Å²) in [5, 5.41) is 18.6. The molecule has 0 bridgehead atoms. The van der Waals surface area contributed by atoms with Crippen molar-refractivity contribution in [2.45, 2.75) is 0 Å². The Morgan fingerprint density at radius 1 is 0.857 bits per heavy atom. The van der Waals surface area contributed by atoms with Gasteiger partial charge in [0.25, 0.3) is 0 Å². The van der Waals surface area contributed by atoms with Crippen molar-refractivity contribution in [3.05, 3.63) is 64.4 Å². The number of nitrogens with zero attached hydrogens (tertiary/aromatic N) is 4. The van der Waals surface area contributed by atoms with Gasteiger partial charge in [0.2, 0.25) is 0 Å². The van der Waals surface area contributed by atoms with E-state index in [0.29, 0.717) is 11.3 Å². The van der Waals surface area contributed by atoms with E-state index in [4.69, 9.17) is 23.2 Å². The minimum absolute atomic E-state index is 0.146.